The van der Waals surface area contributed by atoms with E-state index in [-0.39, 0.29) is 5.60 Å². The highest BCUT2D eigenvalue weighted by molar-refractivity contribution is 5.11. The summed E-state index contributed by atoms with van der Waals surface area (Å²) in [7, 11) is 1.76. The number of nitrogens with zero attached hydrogens (tertiary/aromatic N) is 1. The van der Waals surface area contributed by atoms with Crippen molar-refractivity contribution in [1.82, 2.24) is 10.2 Å². The fraction of sp³-hybridized carbons (Fsp3) is 0.500. The van der Waals surface area contributed by atoms with Gasteiger partial charge in [-0.1, -0.05) is 18.2 Å². The average molecular weight is 262 g/mol. The second-order valence-corrected chi connectivity index (χ2v) is 4.80. The van der Waals surface area contributed by atoms with Crippen LogP contribution >= 0.6 is 0 Å². The van der Waals surface area contributed by atoms with Crippen LogP contribution in [-0.2, 0) is 4.74 Å². The number of allylic oxidation sites excluding steroid dienone is 3. The van der Waals surface area contributed by atoms with Crippen LogP contribution in [0.1, 0.15) is 26.7 Å². The van der Waals surface area contributed by atoms with Crippen molar-refractivity contribution >= 4 is 0 Å². The SMILES string of the molecule is CCN/C=C/C(C)(CC/C=C/N1C=CC=CC1)OC. The van der Waals surface area contributed by atoms with Gasteiger partial charge in [0.25, 0.3) is 0 Å². The highest BCUT2D eigenvalue weighted by Gasteiger charge is 2.18. The normalized spacial score (nSPS) is 18.4. The molecule has 1 unspecified atom stereocenters. The Bertz CT molecular complexity index is 358. The van der Waals surface area contributed by atoms with Gasteiger partial charge in [0, 0.05) is 26.4 Å². The molecular weight excluding hydrogens is 236 g/mol. The summed E-state index contributed by atoms with van der Waals surface area (Å²) in [5.41, 5.74) is -0.204. The van der Waals surface area contributed by atoms with Crippen molar-refractivity contribution in [3.05, 3.63) is 49.0 Å². The maximum Gasteiger partial charge on any atom is 0.0850 e. The number of hydrogen-bond acceptors (Lipinski definition) is 3. The smallest absolute Gasteiger partial charge is 0.0850 e. The van der Waals surface area contributed by atoms with Crippen LogP contribution in [0, 0.1) is 0 Å². The Balaban J connectivity index is 2.34. The Kier molecular flexibility index (Phi) is 7.04. The summed E-state index contributed by atoms with van der Waals surface area (Å²) in [5.74, 6) is 0. The Hall–Kier alpha value is -1.48. The summed E-state index contributed by atoms with van der Waals surface area (Å²) < 4.78 is 5.58. The lowest BCUT2D eigenvalue weighted by atomic mass is 10.00. The topological polar surface area (TPSA) is 24.5 Å². The molecule has 3 nitrogen and oxygen atoms in total. The van der Waals surface area contributed by atoms with E-state index in [1.165, 1.54) is 0 Å². The molecule has 106 valence electrons. The molecule has 0 fully saturated rings. The Morgan fingerprint density at radius 2 is 2.26 bits per heavy atom. The molecule has 1 rings (SSSR count). The van der Waals surface area contributed by atoms with E-state index in [1.807, 2.05) is 12.3 Å². The number of hydrogen-bond donors (Lipinski definition) is 1. The first-order valence-electron chi connectivity index (χ1n) is 6.92. The Morgan fingerprint density at radius 3 is 2.89 bits per heavy atom. The molecule has 1 heterocycles. The minimum atomic E-state index is -0.204. The minimum absolute atomic E-state index is 0.204. The van der Waals surface area contributed by atoms with Gasteiger partial charge >= 0.3 is 0 Å². The quantitative estimate of drug-likeness (QED) is 0.727. The zero-order valence-electron chi connectivity index (χ0n) is 12.3. The molecule has 0 aromatic heterocycles. The van der Waals surface area contributed by atoms with E-state index < -0.39 is 0 Å². The first-order valence-corrected chi connectivity index (χ1v) is 6.92. The Labute approximate surface area is 117 Å². The van der Waals surface area contributed by atoms with E-state index in [9.17, 15) is 0 Å². The van der Waals surface area contributed by atoms with Crippen LogP contribution in [0.4, 0.5) is 0 Å². The van der Waals surface area contributed by atoms with Crippen LogP contribution in [-0.4, -0.2) is 30.7 Å². The lowest BCUT2D eigenvalue weighted by molar-refractivity contribution is 0.0419. The third-order valence-electron chi connectivity index (χ3n) is 3.17. The van der Waals surface area contributed by atoms with Gasteiger partial charge in [0.1, 0.15) is 0 Å². The van der Waals surface area contributed by atoms with E-state index in [0.717, 1.165) is 25.9 Å². The predicted molar refractivity (Wildman–Crippen MR) is 81.6 cm³/mol. The van der Waals surface area contributed by atoms with E-state index in [2.05, 4.69) is 60.8 Å². The molecule has 1 atom stereocenters. The van der Waals surface area contributed by atoms with E-state index in [0.29, 0.717) is 0 Å². The van der Waals surface area contributed by atoms with Gasteiger partial charge in [-0.05, 0) is 51.2 Å². The third-order valence-corrected chi connectivity index (χ3v) is 3.17. The van der Waals surface area contributed by atoms with Crippen LogP contribution in [0.5, 0.6) is 0 Å². The molecule has 1 N–H and O–H groups in total. The summed E-state index contributed by atoms with van der Waals surface area (Å²) in [5, 5.41) is 3.18. The van der Waals surface area contributed by atoms with Gasteiger partial charge in [-0.25, -0.2) is 0 Å². The summed E-state index contributed by atoms with van der Waals surface area (Å²) >= 11 is 0. The molecule has 0 radical (unpaired) electrons. The molecule has 0 aliphatic carbocycles. The first-order chi connectivity index (χ1) is 9.20. The molecule has 1 aliphatic heterocycles. The number of rotatable bonds is 8. The van der Waals surface area contributed by atoms with E-state index in [4.69, 9.17) is 4.74 Å². The number of methoxy groups -OCH3 is 1. The van der Waals surface area contributed by atoms with Crippen molar-refractivity contribution in [3.8, 4) is 0 Å². The van der Waals surface area contributed by atoms with E-state index >= 15 is 0 Å². The van der Waals surface area contributed by atoms with Gasteiger partial charge < -0.3 is 15.0 Å². The fourth-order valence-electron chi connectivity index (χ4n) is 1.78. The van der Waals surface area contributed by atoms with Gasteiger partial charge in [-0.15, -0.1) is 0 Å². The molecule has 1 aliphatic rings. The van der Waals surface area contributed by atoms with Gasteiger partial charge in [0.2, 0.25) is 0 Å². The molecule has 0 aromatic rings. The maximum absolute atomic E-state index is 5.58. The van der Waals surface area contributed by atoms with Crippen LogP contribution < -0.4 is 5.32 Å². The maximum atomic E-state index is 5.58. The van der Waals surface area contributed by atoms with Crippen molar-refractivity contribution in [1.29, 1.82) is 0 Å². The highest BCUT2D eigenvalue weighted by atomic mass is 16.5. The second-order valence-electron chi connectivity index (χ2n) is 4.80. The number of nitrogens with one attached hydrogen (secondary N) is 1. The zero-order chi connectivity index (χ0) is 14.0. The number of ether oxygens (including phenoxy) is 1. The third kappa shape index (κ3) is 6.30. The van der Waals surface area contributed by atoms with E-state index in [1.54, 1.807) is 7.11 Å². The molecule has 0 bridgehead atoms. The van der Waals surface area contributed by atoms with Crippen molar-refractivity contribution in [3.63, 3.8) is 0 Å². The van der Waals surface area contributed by atoms with Crippen molar-refractivity contribution < 1.29 is 4.74 Å². The Morgan fingerprint density at radius 1 is 1.42 bits per heavy atom. The minimum Gasteiger partial charge on any atom is -0.391 e. The highest BCUT2D eigenvalue weighted by Crippen LogP contribution is 2.18. The molecule has 0 saturated carbocycles. The second kappa shape index (κ2) is 8.59. The summed E-state index contributed by atoms with van der Waals surface area (Å²) in [4.78, 5) is 2.17. The van der Waals surface area contributed by atoms with Crippen molar-refractivity contribution in [2.75, 3.05) is 20.2 Å². The largest absolute Gasteiger partial charge is 0.391 e. The van der Waals surface area contributed by atoms with Crippen molar-refractivity contribution in [2.45, 2.75) is 32.3 Å². The molecular formula is C16H26N2O. The standard InChI is InChI=1S/C16H26N2O/c1-4-17-12-11-16(2,19-3)10-6-9-15-18-13-7-5-8-14-18/h5,7-9,11-13,15,17H,4,6,10,14H2,1-3H3/b12-11+,15-9+. The van der Waals surface area contributed by atoms with Crippen LogP contribution in [0.15, 0.2) is 49.0 Å². The van der Waals surface area contributed by atoms with Crippen molar-refractivity contribution in [2.24, 2.45) is 0 Å². The van der Waals surface area contributed by atoms with Gasteiger partial charge in [-0.2, -0.15) is 0 Å². The fourth-order valence-corrected chi connectivity index (χ4v) is 1.78. The van der Waals surface area contributed by atoms with Gasteiger partial charge in [-0.3, -0.25) is 0 Å². The molecule has 0 amide bonds. The summed E-state index contributed by atoms with van der Waals surface area (Å²) in [6.45, 7) is 6.08. The molecule has 0 aromatic carbocycles. The molecule has 0 saturated heterocycles. The zero-order valence-corrected chi connectivity index (χ0v) is 12.3. The van der Waals surface area contributed by atoms with Crippen LogP contribution in [0.25, 0.3) is 0 Å². The van der Waals surface area contributed by atoms with Crippen LogP contribution in [0.2, 0.25) is 0 Å². The van der Waals surface area contributed by atoms with Gasteiger partial charge in [0.05, 0.1) is 5.60 Å². The molecule has 3 heteroatoms. The molecule has 19 heavy (non-hydrogen) atoms. The molecule has 0 spiro atoms. The van der Waals surface area contributed by atoms with Gasteiger partial charge in [0.15, 0.2) is 0 Å². The lowest BCUT2D eigenvalue weighted by Gasteiger charge is -2.24. The monoisotopic (exact) mass is 262 g/mol. The predicted octanol–water partition coefficient (Wildman–Crippen LogP) is 3.19. The summed E-state index contributed by atoms with van der Waals surface area (Å²) in [6.07, 6.45) is 18.7. The lowest BCUT2D eigenvalue weighted by Crippen LogP contribution is -2.25. The van der Waals surface area contributed by atoms with Crippen LogP contribution in [0.3, 0.4) is 0 Å². The first kappa shape index (κ1) is 15.6. The average Bonchev–Trinajstić information content (AvgIpc) is 2.45. The summed E-state index contributed by atoms with van der Waals surface area (Å²) in [6, 6.07) is 0.